The molecule has 1 unspecified atom stereocenters. The summed E-state index contributed by atoms with van der Waals surface area (Å²) in [6.45, 7) is 1.33. The molecule has 1 atom stereocenters. The van der Waals surface area contributed by atoms with Gasteiger partial charge < -0.3 is 10.2 Å². The molecule has 0 aliphatic heterocycles. The average Bonchev–Trinajstić information content (AvgIpc) is 3.57. The van der Waals surface area contributed by atoms with Crippen LogP contribution in [0, 0.1) is 6.92 Å². The summed E-state index contributed by atoms with van der Waals surface area (Å²) in [6, 6.07) is 31.2. The van der Waals surface area contributed by atoms with Gasteiger partial charge in [-0.15, -0.1) is 0 Å². The fourth-order valence-electron chi connectivity index (χ4n) is 5.80. The van der Waals surface area contributed by atoms with Crippen LogP contribution in [0.15, 0.2) is 114 Å². The molecule has 2 amide bonds. The zero-order valence-electron chi connectivity index (χ0n) is 25.3. The van der Waals surface area contributed by atoms with E-state index in [1.807, 2.05) is 60.7 Å². The maximum absolute atomic E-state index is 14.6. The van der Waals surface area contributed by atoms with Crippen LogP contribution in [-0.4, -0.2) is 43.8 Å². The molecule has 1 aliphatic rings. The van der Waals surface area contributed by atoms with E-state index in [1.165, 1.54) is 17.0 Å². The van der Waals surface area contributed by atoms with Gasteiger partial charge in [-0.25, -0.2) is 8.42 Å². The molecule has 9 heteroatoms. The number of carbonyl (C=O) groups excluding carboxylic acids is 2. The summed E-state index contributed by atoms with van der Waals surface area (Å²) in [5.74, 6) is -0.744. The van der Waals surface area contributed by atoms with Gasteiger partial charge in [0.05, 0.1) is 10.6 Å². The molecular weight excluding hydrogens is 606 g/mol. The highest BCUT2D eigenvalue weighted by atomic mass is 35.5. The number of amides is 2. The number of benzene rings is 4. The molecule has 4 aromatic carbocycles. The molecule has 0 spiro atoms. The van der Waals surface area contributed by atoms with E-state index >= 15 is 0 Å². The number of sulfonamides is 1. The van der Waals surface area contributed by atoms with Crippen LogP contribution in [-0.2, 0) is 32.6 Å². The Balaban J connectivity index is 1.57. The Hall–Kier alpha value is -4.14. The number of halogens is 1. The molecule has 0 aromatic heterocycles. The minimum absolute atomic E-state index is 0.0478. The van der Waals surface area contributed by atoms with Crippen molar-refractivity contribution in [3.05, 3.63) is 131 Å². The molecule has 1 N–H and O–H groups in total. The zero-order chi connectivity index (χ0) is 31.8. The standard InChI is InChI=1S/C36H38ClN3O4S/c1-27-32(37)22-13-23-33(27)40(45(43,44)31-20-9-4-10-21-31)26-35(41)39(25-29-16-7-3-8-17-29)34(24-28-14-5-2-6-15-28)36(42)38-30-18-11-12-19-30/h2-10,13-17,20-23,30,34H,11-12,18-19,24-26H2,1H3,(H,38,42). The first kappa shape index (κ1) is 32.3. The van der Waals surface area contributed by atoms with E-state index < -0.39 is 28.5 Å². The molecule has 0 bridgehead atoms. The van der Waals surface area contributed by atoms with Crippen LogP contribution in [0.5, 0.6) is 0 Å². The molecule has 0 saturated heterocycles. The lowest BCUT2D eigenvalue weighted by atomic mass is 10.0. The topological polar surface area (TPSA) is 86.8 Å². The molecule has 4 aromatic rings. The van der Waals surface area contributed by atoms with E-state index in [9.17, 15) is 18.0 Å². The van der Waals surface area contributed by atoms with Crippen LogP contribution in [0.3, 0.4) is 0 Å². The van der Waals surface area contributed by atoms with Gasteiger partial charge in [-0.1, -0.05) is 109 Å². The van der Waals surface area contributed by atoms with Crippen LogP contribution in [0.4, 0.5) is 5.69 Å². The molecule has 7 nitrogen and oxygen atoms in total. The monoisotopic (exact) mass is 643 g/mol. The normalized spacial score (nSPS) is 14.1. The number of hydrogen-bond acceptors (Lipinski definition) is 4. The third kappa shape index (κ3) is 7.93. The van der Waals surface area contributed by atoms with Crippen molar-refractivity contribution in [1.82, 2.24) is 10.2 Å². The maximum atomic E-state index is 14.6. The van der Waals surface area contributed by atoms with Gasteiger partial charge in [0.25, 0.3) is 10.0 Å². The Labute approximate surface area is 270 Å². The fraction of sp³-hybridized carbons (Fsp3) is 0.278. The smallest absolute Gasteiger partial charge is 0.264 e. The molecule has 1 saturated carbocycles. The van der Waals surface area contributed by atoms with Gasteiger partial charge >= 0.3 is 0 Å². The fourth-order valence-corrected chi connectivity index (χ4v) is 7.46. The highest BCUT2D eigenvalue weighted by Crippen LogP contribution is 2.31. The minimum Gasteiger partial charge on any atom is -0.352 e. The third-order valence-electron chi connectivity index (χ3n) is 8.29. The molecule has 45 heavy (non-hydrogen) atoms. The Bertz CT molecular complexity index is 1700. The second kappa shape index (κ2) is 14.8. The predicted octanol–water partition coefficient (Wildman–Crippen LogP) is 6.54. The van der Waals surface area contributed by atoms with Crippen molar-refractivity contribution in [3.8, 4) is 0 Å². The van der Waals surface area contributed by atoms with Crippen LogP contribution < -0.4 is 9.62 Å². The Morgan fingerprint density at radius 1 is 0.822 bits per heavy atom. The molecule has 1 fully saturated rings. The predicted molar refractivity (Wildman–Crippen MR) is 178 cm³/mol. The van der Waals surface area contributed by atoms with E-state index in [2.05, 4.69) is 5.32 Å². The van der Waals surface area contributed by atoms with E-state index in [0.29, 0.717) is 16.3 Å². The average molecular weight is 644 g/mol. The summed E-state index contributed by atoms with van der Waals surface area (Å²) in [4.78, 5) is 30.2. The Morgan fingerprint density at radius 3 is 2.02 bits per heavy atom. The van der Waals surface area contributed by atoms with E-state index in [1.54, 1.807) is 43.3 Å². The van der Waals surface area contributed by atoms with Crippen molar-refractivity contribution in [2.24, 2.45) is 0 Å². The number of anilines is 1. The van der Waals surface area contributed by atoms with Gasteiger partial charge in [-0.05, 0) is 60.7 Å². The number of rotatable bonds is 12. The largest absolute Gasteiger partial charge is 0.352 e. The SMILES string of the molecule is Cc1c(Cl)cccc1N(CC(=O)N(Cc1ccccc1)C(Cc1ccccc1)C(=O)NC1CCCC1)S(=O)(=O)c1ccccc1. The number of nitrogens with one attached hydrogen (secondary N) is 1. The van der Waals surface area contributed by atoms with Crippen LogP contribution in [0.2, 0.25) is 5.02 Å². The second-order valence-electron chi connectivity index (χ2n) is 11.4. The van der Waals surface area contributed by atoms with Crippen LogP contribution in [0.25, 0.3) is 0 Å². The van der Waals surface area contributed by atoms with Gasteiger partial charge in [0, 0.05) is 24.0 Å². The number of carbonyl (C=O) groups is 2. The first-order valence-electron chi connectivity index (χ1n) is 15.2. The second-order valence-corrected chi connectivity index (χ2v) is 13.7. The van der Waals surface area contributed by atoms with Crippen molar-refractivity contribution in [3.63, 3.8) is 0 Å². The van der Waals surface area contributed by atoms with Gasteiger partial charge in [0.2, 0.25) is 11.8 Å². The van der Waals surface area contributed by atoms with Crippen molar-refractivity contribution >= 4 is 39.1 Å². The van der Waals surface area contributed by atoms with Crippen molar-refractivity contribution in [2.75, 3.05) is 10.8 Å². The summed E-state index contributed by atoms with van der Waals surface area (Å²) in [6.07, 6.45) is 4.17. The van der Waals surface area contributed by atoms with E-state index in [-0.39, 0.29) is 29.8 Å². The van der Waals surface area contributed by atoms with Gasteiger partial charge in [0.1, 0.15) is 12.6 Å². The van der Waals surface area contributed by atoms with Gasteiger partial charge in [-0.2, -0.15) is 0 Å². The molecule has 234 valence electrons. The summed E-state index contributed by atoms with van der Waals surface area (Å²) >= 11 is 6.45. The first-order chi connectivity index (χ1) is 21.7. The minimum atomic E-state index is -4.19. The van der Waals surface area contributed by atoms with Gasteiger partial charge in [-0.3, -0.25) is 13.9 Å². The lowest BCUT2D eigenvalue weighted by molar-refractivity contribution is -0.140. The van der Waals surface area contributed by atoms with E-state index in [4.69, 9.17) is 11.6 Å². The molecule has 5 rings (SSSR count). The van der Waals surface area contributed by atoms with Crippen molar-refractivity contribution in [1.29, 1.82) is 0 Å². The lowest BCUT2D eigenvalue weighted by Gasteiger charge is -2.34. The molecule has 1 aliphatic carbocycles. The first-order valence-corrected chi connectivity index (χ1v) is 17.1. The maximum Gasteiger partial charge on any atom is 0.264 e. The highest BCUT2D eigenvalue weighted by Gasteiger charge is 2.36. The van der Waals surface area contributed by atoms with Crippen LogP contribution >= 0.6 is 11.6 Å². The van der Waals surface area contributed by atoms with Crippen molar-refractivity contribution < 1.29 is 18.0 Å². The summed E-state index contributed by atoms with van der Waals surface area (Å²) in [7, 11) is -4.19. The van der Waals surface area contributed by atoms with Crippen LogP contribution in [0.1, 0.15) is 42.4 Å². The third-order valence-corrected chi connectivity index (χ3v) is 10.5. The molecule has 0 heterocycles. The Morgan fingerprint density at radius 2 is 1.40 bits per heavy atom. The highest BCUT2D eigenvalue weighted by molar-refractivity contribution is 7.92. The molecule has 0 radical (unpaired) electrons. The summed E-state index contributed by atoms with van der Waals surface area (Å²) in [5.41, 5.74) is 2.55. The van der Waals surface area contributed by atoms with E-state index in [0.717, 1.165) is 41.1 Å². The van der Waals surface area contributed by atoms with Crippen molar-refractivity contribution in [2.45, 2.75) is 62.6 Å². The zero-order valence-corrected chi connectivity index (χ0v) is 26.9. The summed E-state index contributed by atoms with van der Waals surface area (Å²) in [5, 5.41) is 3.58. The number of nitrogens with zero attached hydrogens (tertiary/aromatic N) is 2. The lowest BCUT2D eigenvalue weighted by Crippen LogP contribution is -2.54. The number of hydrogen-bond donors (Lipinski definition) is 1. The molecular formula is C36H38ClN3O4S. The van der Waals surface area contributed by atoms with Gasteiger partial charge in [0.15, 0.2) is 0 Å². The quantitative estimate of drug-likeness (QED) is 0.190. The summed E-state index contributed by atoms with van der Waals surface area (Å²) < 4.78 is 29.5. The Kier molecular flexibility index (Phi) is 10.6.